The number of nitrogens with zero attached hydrogens (tertiary/aromatic N) is 6. The second-order valence-electron chi connectivity index (χ2n) is 28.2. The molecule has 0 saturated heterocycles. The van der Waals surface area contributed by atoms with Gasteiger partial charge in [-0.3, -0.25) is 47.9 Å². The summed E-state index contributed by atoms with van der Waals surface area (Å²) in [4.78, 5) is 163. The molecular weight excluding hydrogens is 1250 g/mol. The van der Waals surface area contributed by atoms with E-state index in [0.29, 0.717) is 5.11 Å². The number of carboxylic acid groups (broad SMARTS) is 1. The average Bonchev–Trinajstić information content (AvgIpc) is 0.814. The van der Waals surface area contributed by atoms with Gasteiger partial charge < -0.3 is 76.6 Å². The minimum Gasteiger partial charge on any atom is -0.480 e. The van der Waals surface area contributed by atoms with Crippen LogP contribution in [0, 0.1) is 41.4 Å². The lowest BCUT2D eigenvalue weighted by Gasteiger charge is -2.40. The summed E-state index contributed by atoms with van der Waals surface area (Å²) in [6.07, 6.45) is 1.48. The number of para-hydroxylation sites is 1. The second kappa shape index (κ2) is 41.1. The third-order valence-corrected chi connectivity index (χ3v) is 17.1. The van der Waals surface area contributed by atoms with Crippen molar-refractivity contribution in [3.05, 3.63) is 42.5 Å². The smallest absolute Gasteiger partial charge is 0.328 e. The lowest BCUT2D eigenvalue weighted by Crippen LogP contribution is -2.63. The molecule has 1 aromatic carbocycles. The van der Waals surface area contributed by atoms with Crippen LogP contribution in [0.3, 0.4) is 0 Å². The highest BCUT2D eigenvalue weighted by Gasteiger charge is 2.45. The topological polar surface area (TPSA) is 340 Å². The maximum Gasteiger partial charge on any atom is 0.328 e. The number of carbonyl (C=O) groups is 11. The number of rotatable bonds is 39. The molecule has 9 N–H and O–H groups in total. The van der Waals surface area contributed by atoms with E-state index in [4.69, 9.17) is 12.2 Å². The molecule has 0 aliphatic carbocycles. The third kappa shape index (κ3) is 27.3. The van der Waals surface area contributed by atoms with E-state index in [9.17, 15) is 68.1 Å². The van der Waals surface area contributed by atoms with Crippen LogP contribution in [0.5, 0.6) is 0 Å². The van der Waals surface area contributed by atoms with Crippen molar-refractivity contribution in [3.63, 3.8) is 0 Å². The van der Waals surface area contributed by atoms with Gasteiger partial charge in [0.2, 0.25) is 59.1 Å². The molecule has 1 aromatic rings. The molecule has 0 heterocycles. The molecule has 0 aliphatic heterocycles. The summed E-state index contributed by atoms with van der Waals surface area (Å²) in [5.41, 5.74) is 0.740. The van der Waals surface area contributed by atoms with Gasteiger partial charge >= 0.3 is 5.97 Å². The van der Waals surface area contributed by atoms with Crippen LogP contribution in [0.25, 0.3) is 0 Å². The molecule has 26 nitrogen and oxygen atoms in total. The summed E-state index contributed by atoms with van der Waals surface area (Å²) in [7, 11) is 8.67. The number of allylic oxidation sites excluding steroid dienone is 2. The van der Waals surface area contributed by atoms with E-state index in [2.05, 4.69) is 31.9 Å². The van der Waals surface area contributed by atoms with E-state index in [-0.39, 0.29) is 74.7 Å². The molecule has 0 radical (unpaired) electrons. The summed E-state index contributed by atoms with van der Waals surface area (Å²) >= 11 is 5.55. The molecule has 0 saturated carbocycles. The molecule has 0 fully saturated rings. The van der Waals surface area contributed by atoms with Crippen LogP contribution in [-0.4, -0.2) is 236 Å². The molecule has 0 aromatic heterocycles. The number of aliphatic hydroxyl groups excluding tert-OH is 2. The number of hydrogen-bond acceptors (Lipinski definition) is 14. The quantitative estimate of drug-likeness (QED) is 0.0329. The largest absolute Gasteiger partial charge is 0.480 e. The zero-order chi connectivity index (χ0) is 74.1. The van der Waals surface area contributed by atoms with Crippen molar-refractivity contribution in [1.29, 1.82) is 0 Å². The standard InChI is InChI=1S/C69H118N12O14S/c1-24-25-29-44(14)58(84)57(63(89)75-55(47(17)82)68(94)95)81(23)67(93)56(43(12)13)80(22)66(92)50(33-39(4)5)74-62(88)53(36-42(10)11)78(20)64(90)46(16)71-59(85)45(15)70-60(86)52(35-41(8)9)79(21)65(91)49(32-38(2)3)73-61(87)51(34-40(6)7)77(19)54(83)37-76(18)69(96)72-48-30-27-26-28-31-48/h24-28,30-31,38-47,49-53,55-58,82,84H,29,32-37H2,1-23H3,(H,70,86)(H,71,85)(H,72,96)(H,73,87)(H,74,88)(H,75,89)(H,94,95)/t44-,45+,46-,47-,49+,50+,51+,52+,53+,55+,56+,57+,58-/m1/s1. The molecule has 10 amide bonds. The number of carboxylic acids is 1. The molecule has 27 heteroatoms. The van der Waals surface area contributed by atoms with Crippen molar-refractivity contribution in [2.45, 2.75) is 229 Å². The van der Waals surface area contributed by atoms with Crippen LogP contribution in [0.4, 0.5) is 5.69 Å². The summed E-state index contributed by atoms with van der Waals surface area (Å²) in [5.74, 6) is -10.4. The van der Waals surface area contributed by atoms with Gasteiger partial charge in [-0.05, 0) is 132 Å². The van der Waals surface area contributed by atoms with Crippen molar-refractivity contribution in [1.82, 2.24) is 56.0 Å². The Hall–Kier alpha value is -7.26. The molecule has 96 heavy (non-hydrogen) atoms. The Labute approximate surface area is 576 Å². The van der Waals surface area contributed by atoms with Gasteiger partial charge in [-0.1, -0.05) is 120 Å². The number of aliphatic carboxylic acids is 1. The predicted octanol–water partition coefficient (Wildman–Crippen LogP) is 4.23. The summed E-state index contributed by atoms with van der Waals surface area (Å²) in [6.45, 7) is 29.2. The van der Waals surface area contributed by atoms with Gasteiger partial charge in [0.15, 0.2) is 11.2 Å². The SMILES string of the molecule is CC=CC[C@@H](C)[C@@H](O)[C@@H](C(=O)N[C@H](C(=O)O)[C@@H](C)O)N(C)C(=O)[C@H](C(C)C)N(C)C(=O)[C@H](CC(C)C)NC(=O)[C@H](CC(C)C)N(C)C(=O)[C@@H](C)NC(=O)[C@H](C)NC(=O)[C@H](CC(C)C)N(C)C(=O)[C@H](CC(C)C)NC(=O)[C@H](CC(C)C)N(C)C(=O)CN(C)C(=S)Nc1ccccc1. The normalized spacial score (nSPS) is 15.7. The molecule has 1 rings (SSSR count). The number of anilines is 1. The van der Waals surface area contributed by atoms with E-state index in [0.717, 1.165) is 15.5 Å². The van der Waals surface area contributed by atoms with Crippen LogP contribution in [0.1, 0.15) is 156 Å². The highest BCUT2D eigenvalue weighted by molar-refractivity contribution is 7.80. The van der Waals surface area contributed by atoms with Gasteiger partial charge in [-0.25, -0.2) is 4.79 Å². The van der Waals surface area contributed by atoms with Crippen LogP contribution in [0.2, 0.25) is 0 Å². The summed E-state index contributed by atoms with van der Waals surface area (Å²) < 4.78 is 0. The first-order valence-corrected chi connectivity index (χ1v) is 34.0. The van der Waals surface area contributed by atoms with E-state index < -0.39 is 150 Å². The van der Waals surface area contributed by atoms with Crippen LogP contribution >= 0.6 is 12.2 Å². The first-order chi connectivity index (χ1) is 44.4. The van der Waals surface area contributed by atoms with Crippen molar-refractivity contribution in [2.75, 3.05) is 54.1 Å². The third-order valence-electron chi connectivity index (χ3n) is 16.7. The Morgan fingerprint density at radius 1 is 0.479 bits per heavy atom. The molecule has 13 atom stereocenters. The van der Waals surface area contributed by atoms with Crippen LogP contribution in [0.15, 0.2) is 42.5 Å². The number of amides is 10. The molecule has 0 aliphatic rings. The lowest BCUT2D eigenvalue weighted by molar-refractivity contribution is -0.155. The minimum atomic E-state index is -1.79. The number of benzene rings is 1. The summed E-state index contributed by atoms with van der Waals surface area (Å²) in [5, 5.41) is 48.4. The van der Waals surface area contributed by atoms with Crippen LogP contribution < -0.4 is 31.9 Å². The molecular formula is C69H118N12O14S. The van der Waals surface area contributed by atoms with E-state index in [1.807, 2.05) is 99.6 Å². The van der Waals surface area contributed by atoms with Gasteiger partial charge in [0, 0.05) is 48.0 Å². The Morgan fingerprint density at radius 2 is 0.885 bits per heavy atom. The number of thiocarbonyl (C=S) groups is 1. The fourth-order valence-electron chi connectivity index (χ4n) is 11.1. The number of aliphatic hydroxyl groups is 2. The average molecular weight is 1370 g/mol. The Kier molecular flexibility index (Phi) is 37.1. The van der Waals surface area contributed by atoms with E-state index in [1.165, 1.54) is 70.7 Å². The zero-order valence-corrected chi connectivity index (χ0v) is 62.2. The van der Waals surface area contributed by atoms with Gasteiger partial charge in [-0.15, -0.1) is 0 Å². The Bertz CT molecular complexity index is 2780. The Morgan fingerprint density at radius 3 is 1.30 bits per heavy atom. The van der Waals surface area contributed by atoms with Crippen LogP contribution in [-0.2, 0) is 52.7 Å². The van der Waals surface area contributed by atoms with E-state index in [1.54, 1.807) is 51.8 Å². The van der Waals surface area contributed by atoms with Gasteiger partial charge in [0.25, 0.3) is 0 Å². The van der Waals surface area contributed by atoms with Gasteiger partial charge in [-0.2, -0.15) is 0 Å². The molecule has 0 unspecified atom stereocenters. The van der Waals surface area contributed by atoms with Crippen molar-refractivity contribution in [2.24, 2.45) is 41.4 Å². The maximum absolute atomic E-state index is 14.8. The van der Waals surface area contributed by atoms with Crippen molar-refractivity contribution < 1.29 is 68.1 Å². The molecule has 0 bridgehead atoms. The first kappa shape index (κ1) is 86.8. The fourth-order valence-corrected chi connectivity index (χ4v) is 11.3. The Balaban J connectivity index is 3.50. The second-order valence-corrected chi connectivity index (χ2v) is 28.6. The number of nitrogens with one attached hydrogen (secondary N) is 6. The van der Waals surface area contributed by atoms with Gasteiger partial charge in [0.1, 0.15) is 54.4 Å². The predicted molar refractivity (Wildman–Crippen MR) is 375 cm³/mol. The lowest BCUT2D eigenvalue weighted by atomic mass is 9.91. The highest BCUT2D eigenvalue weighted by Crippen LogP contribution is 2.24. The zero-order valence-electron chi connectivity index (χ0n) is 61.4. The molecule has 0 spiro atoms. The van der Waals surface area contributed by atoms with Crippen molar-refractivity contribution in [3.8, 4) is 0 Å². The highest BCUT2D eigenvalue weighted by atomic mass is 32.1. The fraction of sp³-hybridized carbons (Fsp3) is 0.710. The maximum atomic E-state index is 14.8. The number of hydrogen-bond donors (Lipinski definition) is 9. The monoisotopic (exact) mass is 1370 g/mol. The van der Waals surface area contributed by atoms with E-state index >= 15 is 0 Å². The number of likely N-dealkylation sites (N-methyl/N-ethyl adjacent to an activating group) is 6. The minimum absolute atomic E-state index is 0.0362. The first-order valence-electron chi connectivity index (χ1n) is 33.5. The van der Waals surface area contributed by atoms with Crippen molar-refractivity contribution >= 4 is 88.1 Å². The number of carbonyl (C=O) groups excluding carboxylic acids is 10. The summed E-state index contributed by atoms with van der Waals surface area (Å²) in [6, 6.07) is -3.75. The molecule has 544 valence electrons. The van der Waals surface area contributed by atoms with Gasteiger partial charge in [0.05, 0.1) is 18.8 Å².